The summed E-state index contributed by atoms with van der Waals surface area (Å²) in [6, 6.07) is 14.1. The number of amides is 1. The van der Waals surface area contributed by atoms with Crippen LogP contribution in [0.2, 0.25) is 0 Å². The van der Waals surface area contributed by atoms with Crippen molar-refractivity contribution in [3.63, 3.8) is 0 Å². The third-order valence-corrected chi connectivity index (χ3v) is 4.89. The fraction of sp³-hybridized carbons (Fsp3) is 0.235. The third kappa shape index (κ3) is 3.35. The number of para-hydroxylation sites is 2. The first-order valence-electron chi connectivity index (χ1n) is 7.45. The first-order chi connectivity index (χ1) is 11.3. The zero-order valence-corrected chi connectivity index (χ0v) is 14.2. The SMILES string of the molecule is Cc1ccc(NC(=O)[C@H]2CN(S(C)(=O)=O)c3ccccc3O2)cc1. The average molecular weight is 346 g/mol. The number of hydrogen-bond acceptors (Lipinski definition) is 4. The van der Waals surface area contributed by atoms with Crippen molar-refractivity contribution in [3.8, 4) is 5.75 Å². The highest BCUT2D eigenvalue weighted by molar-refractivity contribution is 7.92. The first kappa shape index (κ1) is 16.3. The van der Waals surface area contributed by atoms with Crippen LogP contribution in [0.25, 0.3) is 0 Å². The van der Waals surface area contributed by atoms with Gasteiger partial charge < -0.3 is 10.1 Å². The molecule has 6 nitrogen and oxygen atoms in total. The number of anilines is 2. The number of carbonyl (C=O) groups is 1. The van der Waals surface area contributed by atoms with Gasteiger partial charge in [0.1, 0.15) is 5.75 Å². The van der Waals surface area contributed by atoms with Gasteiger partial charge in [0.05, 0.1) is 18.5 Å². The van der Waals surface area contributed by atoms with E-state index < -0.39 is 16.1 Å². The van der Waals surface area contributed by atoms with E-state index in [0.29, 0.717) is 17.1 Å². The maximum atomic E-state index is 12.5. The van der Waals surface area contributed by atoms with Crippen LogP contribution in [0.3, 0.4) is 0 Å². The summed E-state index contributed by atoms with van der Waals surface area (Å²) in [5, 5.41) is 2.76. The molecule has 7 heteroatoms. The van der Waals surface area contributed by atoms with Crippen LogP contribution < -0.4 is 14.4 Å². The number of aryl methyl sites for hydroxylation is 1. The zero-order valence-electron chi connectivity index (χ0n) is 13.4. The summed E-state index contributed by atoms with van der Waals surface area (Å²) >= 11 is 0. The molecule has 0 radical (unpaired) electrons. The van der Waals surface area contributed by atoms with Crippen molar-refractivity contribution in [3.05, 3.63) is 54.1 Å². The van der Waals surface area contributed by atoms with Crippen LogP contribution in [0.15, 0.2) is 48.5 Å². The average Bonchev–Trinajstić information content (AvgIpc) is 2.55. The van der Waals surface area contributed by atoms with E-state index in [-0.39, 0.29) is 12.5 Å². The fourth-order valence-corrected chi connectivity index (χ4v) is 3.43. The number of rotatable bonds is 3. The van der Waals surface area contributed by atoms with Crippen LogP contribution in [-0.4, -0.2) is 33.2 Å². The molecule has 1 heterocycles. The Bertz CT molecular complexity index is 862. The molecule has 0 bridgehead atoms. The predicted octanol–water partition coefficient (Wildman–Crippen LogP) is 2.16. The minimum atomic E-state index is -3.51. The molecule has 1 aliphatic heterocycles. The number of nitrogens with one attached hydrogen (secondary N) is 1. The van der Waals surface area contributed by atoms with Crippen molar-refractivity contribution in [1.82, 2.24) is 0 Å². The van der Waals surface area contributed by atoms with Gasteiger partial charge >= 0.3 is 0 Å². The summed E-state index contributed by atoms with van der Waals surface area (Å²) in [7, 11) is -3.51. The summed E-state index contributed by atoms with van der Waals surface area (Å²) in [6.45, 7) is 1.89. The van der Waals surface area contributed by atoms with E-state index in [9.17, 15) is 13.2 Å². The molecule has 0 fully saturated rings. The van der Waals surface area contributed by atoms with Crippen molar-refractivity contribution in [1.29, 1.82) is 0 Å². The molecule has 0 saturated carbocycles. The molecule has 1 atom stereocenters. The van der Waals surface area contributed by atoms with Crippen LogP contribution in [0.4, 0.5) is 11.4 Å². The smallest absolute Gasteiger partial charge is 0.267 e. The molecule has 0 aliphatic carbocycles. The van der Waals surface area contributed by atoms with Gasteiger partial charge in [-0.25, -0.2) is 8.42 Å². The normalized spacial score (nSPS) is 16.9. The second-order valence-corrected chi connectivity index (χ2v) is 7.63. The maximum Gasteiger partial charge on any atom is 0.267 e. The van der Waals surface area contributed by atoms with Gasteiger partial charge in [0.2, 0.25) is 10.0 Å². The van der Waals surface area contributed by atoms with Gasteiger partial charge in [-0.3, -0.25) is 9.10 Å². The molecule has 3 rings (SSSR count). The number of benzene rings is 2. The Labute approximate surface area is 141 Å². The van der Waals surface area contributed by atoms with Crippen molar-refractivity contribution in [2.45, 2.75) is 13.0 Å². The Morgan fingerprint density at radius 3 is 2.50 bits per heavy atom. The highest BCUT2D eigenvalue weighted by atomic mass is 32.2. The third-order valence-electron chi connectivity index (χ3n) is 3.75. The lowest BCUT2D eigenvalue weighted by Crippen LogP contribution is -2.48. The van der Waals surface area contributed by atoms with Crippen LogP contribution in [0.5, 0.6) is 5.75 Å². The number of nitrogens with zero attached hydrogens (tertiary/aromatic N) is 1. The summed E-state index contributed by atoms with van der Waals surface area (Å²) in [5.74, 6) is -0.0137. The van der Waals surface area contributed by atoms with Gasteiger partial charge in [-0.05, 0) is 31.2 Å². The maximum absolute atomic E-state index is 12.5. The molecule has 2 aromatic carbocycles. The second kappa shape index (κ2) is 6.16. The molecule has 1 N–H and O–H groups in total. The Morgan fingerprint density at radius 2 is 1.83 bits per heavy atom. The van der Waals surface area contributed by atoms with Crippen LogP contribution in [0.1, 0.15) is 5.56 Å². The van der Waals surface area contributed by atoms with Crippen LogP contribution in [0, 0.1) is 6.92 Å². The summed E-state index contributed by atoms with van der Waals surface area (Å²) in [6.07, 6.45) is 0.195. The standard InChI is InChI=1S/C17H18N2O4S/c1-12-7-9-13(10-8-12)18-17(20)16-11-19(24(2,21)22)14-5-3-4-6-15(14)23-16/h3-10,16H,11H2,1-2H3,(H,18,20)/t16-/m1/s1. The number of fused-ring (bicyclic) bond motifs is 1. The highest BCUT2D eigenvalue weighted by Gasteiger charge is 2.34. The molecule has 0 aromatic heterocycles. The predicted molar refractivity (Wildman–Crippen MR) is 92.9 cm³/mol. The van der Waals surface area contributed by atoms with E-state index in [1.807, 2.05) is 19.1 Å². The van der Waals surface area contributed by atoms with E-state index in [1.165, 1.54) is 4.31 Å². The zero-order chi connectivity index (χ0) is 17.3. The second-order valence-electron chi connectivity index (χ2n) is 5.72. The molecule has 126 valence electrons. The van der Waals surface area contributed by atoms with Gasteiger partial charge in [0.25, 0.3) is 5.91 Å². The van der Waals surface area contributed by atoms with E-state index in [2.05, 4.69) is 5.32 Å². The monoisotopic (exact) mass is 346 g/mol. The minimum absolute atomic E-state index is 0.0620. The van der Waals surface area contributed by atoms with Crippen molar-refractivity contribution < 1.29 is 17.9 Å². The van der Waals surface area contributed by atoms with Gasteiger partial charge in [0, 0.05) is 5.69 Å². The lowest BCUT2D eigenvalue weighted by Gasteiger charge is -2.33. The van der Waals surface area contributed by atoms with E-state index in [0.717, 1.165) is 11.8 Å². The molecule has 1 aliphatic rings. The fourth-order valence-electron chi connectivity index (χ4n) is 2.51. The molecule has 1 amide bonds. The largest absolute Gasteiger partial charge is 0.476 e. The van der Waals surface area contributed by atoms with Gasteiger partial charge in [-0.1, -0.05) is 29.8 Å². The number of carbonyl (C=O) groups excluding carboxylic acids is 1. The van der Waals surface area contributed by atoms with Crippen molar-refractivity contribution >= 4 is 27.3 Å². The van der Waals surface area contributed by atoms with Crippen LogP contribution >= 0.6 is 0 Å². The van der Waals surface area contributed by atoms with Crippen LogP contribution in [-0.2, 0) is 14.8 Å². The van der Waals surface area contributed by atoms with Crippen molar-refractivity contribution in [2.75, 3.05) is 22.4 Å². The molecular formula is C17H18N2O4S. The van der Waals surface area contributed by atoms with E-state index in [1.54, 1.807) is 36.4 Å². The quantitative estimate of drug-likeness (QED) is 0.924. The van der Waals surface area contributed by atoms with Gasteiger partial charge in [-0.2, -0.15) is 0 Å². The molecule has 0 saturated heterocycles. The Hall–Kier alpha value is -2.54. The first-order valence-corrected chi connectivity index (χ1v) is 9.30. The summed E-state index contributed by atoms with van der Waals surface area (Å²) in [4.78, 5) is 12.5. The topological polar surface area (TPSA) is 75.7 Å². The Balaban J connectivity index is 1.85. The van der Waals surface area contributed by atoms with Gasteiger partial charge in [-0.15, -0.1) is 0 Å². The molecular weight excluding hydrogens is 328 g/mol. The lowest BCUT2D eigenvalue weighted by atomic mass is 10.2. The number of sulfonamides is 1. The number of hydrogen-bond donors (Lipinski definition) is 1. The number of ether oxygens (including phenoxy) is 1. The lowest BCUT2D eigenvalue weighted by molar-refractivity contribution is -0.122. The summed E-state index contributed by atoms with van der Waals surface area (Å²) < 4.78 is 31.0. The van der Waals surface area contributed by atoms with E-state index >= 15 is 0 Å². The minimum Gasteiger partial charge on any atom is -0.476 e. The highest BCUT2D eigenvalue weighted by Crippen LogP contribution is 2.34. The summed E-state index contributed by atoms with van der Waals surface area (Å²) in [5.41, 5.74) is 2.16. The molecule has 0 unspecified atom stereocenters. The molecule has 2 aromatic rings. The van der Waals surface area contributed by atoms with Crippen molar-refractivity contribution in [2.24, 2.45) is 0 Å². The van der Waals surface area contributed by atoms with E-state index in [4.69, 9.17) is 4.74 Å². The molecule has 0 spiro atoms. The molecule has 24 heavy (non-hydrogen) atoms. The van der Waals surface area contributed by atoms with Gasteiger partial charge in [0.15, 0.2) is 6.10 Å². The Kier molecular flexibility index (Phi) is 4.19. The Morgan fingerprint density at radius 1 is 1.17 bits per heavy atom.